The molecule has 5 rings (SSSR count). The minimum Gasteiger partial charge on any atom is -0.343 e. The van der Waals surface area contributed by atoms with E-state index in [1.54, 1.807) is 12.1 Å². The van der Waals surface area contributed by atoms with Crippen LogP contribution in [-0.4, -0.2) is 14.6 Å². The number of nitrogens with zero attached hydrogens (tertiary/aromatic N) is 2. The van der Waals surface area contributed by atoms with Gasteiger partial charge in [0.2, 0.25) is 0 Å². The minimum atomic E-state index is 0.621. The van der Waals surface area contributed by atoms with Gasteiger partial charge >= 0.3 is 0 Å². The van der Waals surface area contributed by atoms with Crippen molar-refractivity contribution in [1.29, 1.82) is 0 Å². The van der Waals surface area contributed by atoms with E-state index in [2.05, 4.69) is 56.7 Å². The highest BCUT2D eigenvalue weighted by Crippen LogP contribution is 2.38. The lowest BCUT2D eigenvalue weighted by Gasteiger charge is -2.24. The van der Waals surface area contributed by atoms with Crippen LogP contribution in [-0.2, 0) is 6.54 Å². The number of benzene rings is 1. The molecule has 2 fully saturated rings. The summed E-state index contributed by atoms with van der Waals surface area (Å²) in [6, 6.07) is 11.8. The molecular weight excluding hydrogens is 432 g/mol. The fourth-order valence-electron chi connectivity index (χ4n) is 5.61. The highest BCUT2D eigenvalue weighted by Gasteiger charge is 2.22. The summed E-state index contributed by atoms with van der Waals surface area (Å²) in [5.74, 6) is 0.778. The Labute approximate surface area is 201 Å². The normalized spacial score (nSPS) is 18.6. The van der Waals surface area contributed by atoms with Crippen molar-refractivity contribution in [3.05, 3.63) is 42.2 Å². The maximum Gasteiger partial charge on any atom is 0.0610 e. The predicted molar refractivity (Wildman–Crippen MR) is 140 cm³/mol. The van der Waals surface area contributed by atoms with Crippen LogP contribution < -0.4 is 9.86 Å². The minimum absolute atomic E-state index is 0.621. The van der Waals surface area contributed by atoms with Crippen LogP contribution in [0.4, 0.5) is 0 Å². The lowest BCUT2D eigenvalue weighted by atomic mass is 9.89. The average molecular weight is 469 g/mol. The van der Waals surface area contributed by atoms with Gasteiger partial charge in [0.15, 0.2) is 0 Å². The number of fused-ring (bicyclic) bond motifs is 1. The van der Waals surface area contributed by atoms with Gasteiger partial charge in [0.05, 0.1) is 11.2 Å². The smallest absolute Gasteiger partial charge is 0.0610 e. The number of nitrogens with one attached hydrogen (secondary N) is 1. The molecule has 3 N–H and O–H groups in total. The van der Waals surface area contributed by atoms with Crippen LogP contribution in [0.2, 0.25) is 0 Å². The van der Waals surface area contributed by atoms with E-state index >= 15 is 0 Å². The van der Waals surface area contributed by atoms with Crippen LogP contribution in [0.5, 0.6) is 0 Å². The Kier molecular flexibility index (Phi) is 7.22. The zero-order chi connectivity index (χ0) is 21.9. The molecule has 32 heavy (non-hydrogen) atoms. The summed E-state index contributed by atoms with van der Waals surface area (Å²) >= 11 is 3.14. The van der Waals surface area contributed by atoms with Gasteiger partial charge in [-0.05, 0) is 62.6 Å². The van der Waals surface area contributed by atoms with Crippen LogP contribution in [0.25, 0.3) is 22.2 Å². The number of nitrogens with two attached hydrogens (primary N) is 1. The Bertz CT molecular complexity index is 1040. The first-order valence-electron chi connectivity index (χ1n) is 12.3. The van der Waals surface area contributed by atoms with Crippen molar-refractivity contribution in [3.8, 4) is 11.3 Å². The monoisotopic (exact) mass is 468 g/mol. The van der Waals surface area contributed by atoms with Gasteiger partial charge in [-0.25, -0.2) is 4.72 Å². The maximum absolute atomic E-state index is 6.08. The number of para-hydroxylation sites is 1. The van der Waals surface area contributed by atoms with Crippen molar-refractivity contribution < 1.29 is 0 Å². The Hall–Kier alpha value is -1.34. The van der Waals surface area contributed by atoms with Gasteiger partial charge in [0.25, 0.3) is 0 Å². The number of rotatable bonds is 7. The third kappa shape index (κ3) is 4.65. The molecule has 1 aromatic carbocycles. The number of aromatic nitrogens is 2. The predicted octanol–water partition coefficient (Wildman–Crippen LogP) is 7.30. The molecule has 0 amide bonds. The summed E-state index contributed by atoms with van der Waals surface area (Å²) in [4.78, 5) is 1.20. The molecule has 0 atom stereocenters. The van der Waals surface area contributed by atoms with E-state index in [9.17, 15) is 0 Å². The molecule has 2 heterocycles. The lowest BCUT2D eigenvalue weighted by molar-refractivity contribution is 0.318. The molecular formula is C26H36N4S2. The van der Waals surface area contributed by atoms with Gasteiger partial charge in [-0.3, -0.25) is 9.11 Å². The third-order valence-corrected chi connectivity index (χ3v) is 9.09. The van der Waals surface area contributed by atoms with Gasteiger partial charge in [0, 0.05) is 52.5 Å². The first-order valence-corrected chi connectivity index (χ1v) is 14.0. The standard InChI is InChI=1S/C26H36N4S2/c1-19-26(31-27)16-25(29(19)17-20-10-4-2-5-11-20)23-18-30(24-15-9-8-14-22(23)24)32-28-21-12-6-3-7-13-21/h8-9,14-16,18,20-21,28H,2-7,10-13,17,27H2,1H3. The Balaban J connectivity index is 1.49. The first-order chi connectivity index (χ1) is 15.7. The van der Waals surface area contributed by atoms with E-state index < -0.39 is 0 Å². The van der Waals surface area contributed by atoms with E-state index in [1.807, 2.05) is 0 Å². The lowest BCUT2D eigenvalue weighted by Crippen LogP contribution is -2.26. The molecule has 6 heteroatoms. The topological polar surface area (TPSA) is 47.9 Å². The van der Waals surface area contributed by atoms with E-state index in [1.165, 1.54) is 109 Å². The second kappa shape index (κ2) is 10.3. The van der Waals surface area contributed by atoms with Crippen molar-refractivity contribution in [2.75, 3.05) is 0 Å². The zero-order valence-electron chi connectivity index (χ0n) is 19.2. The van der Waals surface area contributed by atoms with Crippen molar-refractivity contribution in [3.63, 3.8) is 0 Å². The zero-order valence-corrected chi connectivity index (χ0v) is 20.8. The van der Waals surface area contributed by atoms with Crippen LogP contribution in [0, 0.1) is 12.8 Å². The van der Waals surface area contributed by atoms with Gasteiger partial charge in [0.1, 0.15) is 0 Å². The third-order valence-electron chi connectivity index (χ3n) is 7.49. The molecule has 0 unspecified atom stereocenters. The molecule has 2 saturated carbocycles. The van der Waals surface area contributed by atoms with Crippen molar-refractivity contribution in [1.82, 2.24) is 13.3 Å². The molecule has 2 aromatic heterocycles. The number of hydrogen-bond acceptors (Lipinski definition) is 4. The summed E-state index contributed by atoms with van der Waals surface area (Å²) in [5, 5.41) is 7.40. The van der Waals surface area contributed by atoms with E-state index in [0.29, 0.717) is 6.04 Å². The van der Waals surface area contributed by atoms with Gasteiger partial charge in [-0.2, -0.15) is 0 Å². The van der Waals surface area contributed by atoms with E-state index in [0.717, 1.165) is 12.5 Å². The Morgan fingerprint density at radius 2 is 1.72 bits per heavy atom. The summed E-state index contributed by atoms with van der Waals surface area (Å²) in [6.07, 6.45) is 15.9. The molecule has 3 aromatic rings. The highest BCUT2D eigenvalue weighted by molar-refractivity contribution is 7.97. The Morgan fingerprint density at radius 1 is 1.00 bits per heavy atom. The quantitative estimate of drug-likeness (QED) is 0.357. The first kappa shape index (κ1) is 22.5. The molecule has 2 aliphatic rings. The van der Waals surface area contributed by atoms with Crippen molar-refractivity contribution >= 4 is 35.0 Å². The molecule has 0 radical (unpaired) electrons. The summed E-state index contributed by atoms with van der Waals surface area (Å²) < 4.78 is 8.64. The molecule has 0 aliphatic heterocycles. The fourth-order valence-corrected chi connectivity index (χ4v) is 6.98. The molecule has 2 aliphatic carbocycles. The Morgan fingerprint density at radius 3 is 2.47 bits per heavy atom. The highest BCUT2D eigenvalue weighted by atomic mass is 32.2. The van der Waals surface area contributed by atoms with E-state index in [-0.39, 0.29) is 0 Å². The maximum atomic E-state index is 6.08. The molecule has 0 bridgehead atoms. The van der Waals surface area contributed by atoms with Gasteiger partial charge in [-0.15, -0.1) is 0 Å². The molecule has 4 nitrogen and oxygen atoms in total. The summed E-state index contributed by atoms with van der Waals surface area (Å²) in [5.41, 5.74) is 5.22. The second-order valence-electron chi connectivity index (χ2n) is 9.64. The largest absolute Gasteiger partial charge is 0.343 e. The van der Waals surface area contributed by atoms with Crippen molar-refractivity contribution in [2.24, 2.45) is 11.1 Å². The van der Waals surface area contributed by atoms with Gasteiger partial charge < -0.3 is 4.57 Å². The van der Waals surface area contributed by atoms with Gasteiger partial charge in [-0.1, -0.05) is 56.7 Å². The fraction of sp³-hybridized carbons (Fsp3) is 0.538. The van der Waals surface area contributed by atoms with Crippen LogP contribution in [0.15, 0.2) is 41.4 Å². The van der Waals surface area contributed by atoms with E-state index in [4.69, 9.17) is 5.14 Å². The average Bonchev–Trinajstić information content (AvgIpc) is 3.36. The molecule has 0 spiro atoms. The molecule has 0 saturated heterocycles. The summed E-state index contributed by atoms with van der Waals surface area (Å²) in [6.45, 7) is 3.34. The summed E-state index contributed by atoms with van der Waals surface area (Å²) in [7, 11) is 0. The van der Waals surface area contributed by atoms with Crippen molar-refractivity contribution in [2.45, 2.75) is 88.6 Å². The number of hydrogen-bond donors (Lipinski definition) is 2. The van der Waals surface area contributed by atoms with Crippen LogP contribution in [0.3, 0.4) is 0 Å². The molecule has 172 valence electrons. The van der Waals surface area contributed by atoms with Crippen LogP contribution in [0.1, 0.15) is 69.9 Å². The van der Waals surface area contributed by atoms with Crippen LogP contribution >= 0.6 is 24.1 Å². The second-order valence-corrected chi connectivity index (χ2v) is 11.1. The SMILES string of the molecule is Cc1c(SN)cc(-c2cn(SNC3CCCCC3)c3ccccc23)n1CC1CCCCC1.